The van der Waals surface area contributed by atoms with Gasteiger partial charge in [-0.3, -0.25) is 19.5 Å². The van der Waals surface area contributed by atoms with Gasteiger partial charge in [-0.2, -0.15) is 0 Å². The van der Waals surface area contributed by atoms with E-state index in [4.69, 9.17) is 0 Å². The van der Waals surface area contributed by atoms with E-state index >= 15 is 0 Å². The predicted octanol–water partition coefficient (Wildman–Crippen LogP) is 1.29. The standard InChI is InChI=1S/C17H20N4O2/c1-13(15-4-2-3-7-18-15)20-8-10-21(11-9-20)17(23)14-5-6-16(22)19-12-14/h2-7,12-13H,8-11H2,1H3,(H,19,22). The zero-order chi connectivity index (χ0) is 16.2. The average molecular weight is 312 g/mol. The lowest BCUT2D eigenvalue weighted by Gasteiger charge is -2.37. The second kappa shape index (κ2) is 6.75. The van der Waals surface area contributed by atoms with Crippen molar-refractivity contribution in [3.05, 3.63) is 64.3 Å². The van der Waals surface area contributed by atoms with Gasteiger partial charge in [-0.15, -0.1) is 0 Å². The monoisotopic (exact) mass is 312 g/mol. The van der Waals surface area contributed by atoms with Gasteiger partial charge in [-0.05, 0) is 25.1 Å². The average Bonchev–Trinajstić information content (AvgIpc) is 2.62. The van der Waals surface area contributed by atoms with Crippen LogP contribution >= 0.6 is 0 Å². The topological polar surface area (TPSA) is 69.3 Å². The number of carbonyl (C=O) groups excluding carboxylic acids is 1. The smallest absolute Gasteiger partial charge is 0.255 e. The summed E-state index contributed by atoms with van der Waals surface area (Å²) in [5, 5.41) is 0. The molecular formula is C17H20N4O2. The van der Waals surface area contributed by atoms with Gasteiger partial charge in [0.25, 0.3) is 5.91 Å². The fourth-order valence-corrected chi connectivity index (χ4v) is 2.85. The van der Waals surface area contributed by atoms with E-state index in [9.17, 15) is 9.59 Å². The van der Waals surface area contributed by atoms with Gasteiger partial charge in [-0.1, -0.05) is 6.07 Å². The SMILES string of the molecule is CC(c1ccccn1)N1CCN(C(=O)c2ccc(=O)[nH]c2)CC1. The first kappa shape index (κ1) is 15.4. The highest BCUT2D eigenvalue weighted by Gasteiger charge is 2.25. The zero-order valence-electron chi connectivity index (χ0n) is 13.1. The molecule has 0 aliphatic carbocycles. The third-order valence-electron chi connectivity index (χ3n) is 4.30. The maximum atomic E-state index is 12.4. The van der Waals surface area contributed by atoms with Crippen LogP contribution in [0.4, 0.5) is 0 Å². The number of piperazine rings is 1. The van der Waals surface area contributed by atoms with Gasteiger partial charge in [0.1, 0.15) is 0 Å². The van der Waals surface area contributed by atoms with Crippen molar-refractivity contribution in [1.29, 1.82) is 0 Å². The highest BCUT2D eigenvalue weighted by Crippen LogP contribution is 2.20. The molecule has 1 saturated heterocycles. The van der Waals surface area contributed by atoms with Crippen molar-refractivity contribution in [1.82, 2.24) is 19.8 Å². The van der Waals surface area contributed by atoms with Crippen molar-refractivity contribution in [2.45, 2.75) is 13.0 Å². The first-order valence-electron chi connectivity index (χ1n) is 7.78. The molecule has 0 saturated carbocycles. The molecule has 1 atom stereocenters. The number of rotatable bonds is 3. The van der Waals surface area contributed by atoms with Crippen molar-refractivity contribution in [2.24, 2.45) is 0 Å². The fraction of sp³-hybridized carbons (Fsp3) is 0.353. The summed E-state index contributed by atoms with van der Waals surface area (Å²) in [5.41, 5.74) is 1.37. The number of amides is 1. The molecule has 2 aromatic heterocycles. The number of carbonyl (C=O) groups is 1. The Bertz CT molecular complexity index is 700. The number of nitrogens with one attached hydrogen (secondary N) is 1. The van der Waals surface area contributed by atoms with E-state index in [0.717, 1.165) is 18.8 Å². The van der Waals surface area contributed by atoms with E-state index in [1.807, 2.05) is 29.3 Å². The molecule has 6 nitrogen and oxygen atoms in total. The minimum absolute atomic E-state index is 0.0358. The van der Waals surface area contributed by atoms with Crippen LogP contribution in [-0.4, -0.2) is 51.9 Å². The van der Waals surface area contributed by atoms with Gasteiger partial charge in [0.2, 0.25) is 5.56 Å². The number of hydrogen-bond donors (Lipinski definition) is 1. The Hall–Kier alpha value is -2.47. The Labute approximate surface area is 134 Å². The number of aromatic nitrogens is 2. The predicted molar refractivity (Wildman–Crippen MR) is 87.2 cm³/mol. The molecule has 0 spiro atoms. The van der Waals surface area contributed by atoms with Crippen LogP contribution in [0.5, 0.6) is 0 Å². The highest BCUT2D eigenvalue weighted by molar-refractivity contribution is 5.93. The summed E-state index contributed by atoms with van der Waals surface area (Å²) in [5.74, 6) is -0.0358. The van der Waals surface area contributed by atoms with Gasteiger partial charge in [0, 0.05) is 50.7 Å². The zero-order valence-corrected chi connectivity index (χ0v) is 13.1. The molecule has 1 aliphatic heterocycles. The van der Waals surface area contributed by atoms with Crippen LogP contribution in [0.3, 0.4) is 0 Å². The van der Waals surface area contributed by atoms with Crippen LogP contribution in [0, 0.1) is 0 Å². The van der Waals surface area contributed by atoms with Crippen molar-refractivity contribution < 1.29 is 4.79 Å². The Kier molecular flexibility index (Phi) is 4.52. The minimum Gasteiger partial charge on any atom is -0.336 e. The maximum Gasteiger partial charge on any atom is 0.255 e. The van der Waals surface area contributed by atoms with Crippen molar-refractivity contribution in [3.8, 4) is 0 Å². The molecule has 6 heteroatoms. The summed E-state index contributed by atoms with van der Waals surface area (Å²) in [6.07, 6.45) is 3.29. The summed E-state index contributed by atoms with van der Waals surface area (Å²) in [6, 6.07) is 9.13. The lowest BCUT2D eigenvalue weighted by atomic mass is 10.1. The molecule has 2 aromatic rings. The summed E-state index contributed by atoms with van der Waals surface area (Å²) >= 11 is 0. The molecule has 1 N–H and O–H groups in total. The molecule has 3 heterocycles. The van der Waals surface area contributed by atoms with E-state index in [1.54, 1.807) is 6.07 Å². The van der Waals surface area contributed by atoms with Crippen LogP contribution < -0.4 is 5.56 Å². The number of pyridine rings is 2. The van der Waals surface area contributed by atoms with Gasteiger partial charge >= 0.3 is 0 Å². The maximum absolute atomic E-state index is 12.4. The third kappa shape index (κ3) is 3.48. The number of H-pyrrole nitrogens is 1. The Morgan fingerprint density at radius 1 is 1.17 bits per heavy atom. The van der Waals surface area contributed by atoms with Crippen LogP contribution in [0.15, 0.2) is 47.5 Å². The van der Waals surface area contributed by atoms with Crippen LogP contribution in [0.2, 0.25) is 0 Å². The minimum atomic E-state index is -0.199. The Balaban J connectivity index is 1.61. The van der Waals surface area contributed by atoms with Crippen molar-refractivity contribution >= 4 is 5.91 Å². The Morgan fingerprint density at radius 2 is 1.96 bits per heavy atom. The number of aromatic amines is 1. The molecule has 120 valence electrons. The van der Waals surface area contributed by atoms with Crippen LogP contribution in [-0.2, 0) is 0 Å². The molecule has 1 unspecified atom stereocenters. The Morgan fingerprint density at radius 3 is 2.57 bits per heavy atom. The normalized spacial score (nSPS) is 17.0. The summed E-state index contributed by atoms with van der Waals surface area (Å²) in [7, 11) is 0. The van der Waals surface area contributed by atoms with E-state index in [-0.39, 0.29) is 17.5 Å². The molecule has 0 aromatic carbocycles. The summed E-state index contributed by atoms with van der Waals surface area (Å²) in [4.78, 5) is 34.6. The lowest BCUT2D eigenvalue weighted by Crippen LogP contribution is -2.49. The van der Waals surface area contributed by atoms with E-state index in [2.05, 4.69) is 21.8 Å². The second-order valence-corrected chi connectivity index (χ2v) is 5.70. The van der Waals surface area contributed by atoms with Gasteiger partial charge in [0.15, 0.2) is 0 Å². The number of hydrogen-bond acceptors (Lipinski definition) is 4. The second-order valence-electron chi connectivity index (χ2n) is 5.70. The van der Waals surface area contributed by atoms with E-state index < -0.39 is 0 Å². The summed E-state index contributed by atoms with van der Waals surface area (Å²) in [6.45, 7) is 5.12. The molecule has 3 rings (SSSR count). The molecular weight excluding hydrogens is 292 g/mol. The number of nitrogens with zero attached hydrogens (tertiary/aromatic N) is 3. The van der Waals surface area contributed by atoms with E-state index in [1.165, 1.54) is 12.3 Å². The molecule has 0 bridgehead atoms. The highest BCUT2D eigenvalue weighted by atomic mass is 16.2. The third-order valence-corrected chi connectivity index (χ3v) is 4.30. The molecule has 23 heavy (non-hydrogen) atoms. The van der Waals surface area contributed by atoms with E-state index in [0.29, 0.717) is 18.7 Å². The van der Waals surface area contributed by atoms with Gasteiger partial charge in [0.05, 0.1) is 11.3 Å². The fourth-order valence-electron chi connectivity index (χ4n) is 2.85. The van der Waals surface area contributed by atoms with Crippen molar-refractivity contribution in [3.63, 3.8) is 0 Å². The molecule has 1 fully saturated rings. The van der Waals surface area contributed by atoms with Crippen LogP contribution in [0.25, 0.3) is 0 Å². The largest absolute Gasteiger partial charge is 0.336 e. The molecule has 1 amide bonds. The molecule has 1 aliphatic rings. The quantitative estimate of drug-likeness (QED) is 0.927. The van der Waals surface area contributed by atoms with Gasteiger partial charge in [-0.25, -0.2) is 0 Å². The summed E-state index contributed by atoms with van der Waals surface area (Å²) < 4.78 is 0. The van der Waals surface area contributed by atoms with Crippen molar-refractivity contribution in [2.75, 3.05) is 26.2 Å². The van der Waals surface area contributed by atoms with Gasteiger partial charge < -0.3 is 9.88 Å². The van der Waals surface area contributed by atoms with Crippen LogP contribution in [0.1, 0.15) is 29.0 Å². The first-order valence-corrected chi connectivity index (χ1v) is 7.78. The lowest BCUT2D eigenvalue weighted by molar-refractivity contribution is 0.0578. The first-order chi connectivity index (χ1) is 11.1. The molecule has 0 radical (unpaired) electrons.